The van der Waals surface area contributed by atoms with Gasteiger partial charge in [-0.15, -0.1) is 10.2 Å². The number of nitrogens with one attached hydrogen (secondary N) is 1. The number of benzene rings is 3. The number of ether oxygens (including phenoxy) is 3. The number of rotatable bonds is 9. The molecule has 2 unspecified atom stereocenters. The molecule has 0 saturated heterocycles. The lowest BCUT2D eigenvalue weighted by molar-refractivity contribution is -0.0414. The maximum Gasteiger partial charge on any atom is 0.513 e. The Labute approximate surface area is 260 Å². The van der Waals surface area contributed by atoms with E-state index in [1.54, 1.807) is 19.1 Å². The highest BCUT2D eigenvalue weighted by Crippen LogP contribution is 2.47. The number of fused-ring (bicyclic) bond motifs is 1. The van der Waals surface area contributed by atoms with Gasteiger partial charge in [0.05, 0.1) is 6.61 Å². The number of quaternary nitrogens is 1. The molecular formula is C33H35N6O6+. The zero-order chi connectivity index (χ0) is 31.4. The maximum atomic E-state index is 13.1. The molecule has 2 atom stereocenters. The van der Waals surface area contributed by atoms with Gasteiger partial charge in [-0.25, -0.2) is 9.59 Å². The predicted octanol–water partition coefficient (Wildman–Crippen LogP) is 6.61. The standard InChI is InChI=1S/C33H34N6O6/c1-3-43-32-34-28-15-9-14-27(31(40)41)29(28)39(32,21(2)44-33(42)45-24-10-5-4-6-11-24)20-22-16-18-23(19-17-22)25-12-7-8-13-26(25)30-35-37-38-36-30/h7-9,12-19,21,24H,3-6,10-11,20H2,1-2H3,(H-,35,36,37,38,40,41)/p+1. The predicted molar refractivity (Wildman–Crippen MR) is 167 cm³/mol. The van der Waals surface area contributed by atoms with Crippen LogP contribution in [0.2, 0.25) is 0 Å². The minimum Gasteiger partial charge on any atom is -0.477 e. The average molecular weight is 612 g/mol. The van der Waals surface area contributed by atoms with Gasteiger partial charge in [-0.05, 0) is 61.1 Å². The van der Waals surface area contributed by atoms with Crippen LogP contribution < -0.4 is 4.48 Å². The topological polar surface area (TPSA) is 149 Å². The Morgan fingerprint density at radius 2 is 1.76 bits per heavy atom. The molecule has 12 heteroatoms. The first-order valence-corrected chi connectivity index (χ1v) is 15.2. The van der Waals surface area contributed by atoms with Crippen molar-refractivity contribution < 1.29 is 28.9 Å². The van der Waals surface area contributed by atoms with Gasteiger partial charge in [0.15, 0.2) is 5.69 Å². The number of hydrogen-bond acceptors (Lipinski definition) is 9. The number of aromatic carboxylic acids is 1. The quantitative estimate of drug-likeness (QED) is 0.157. The molecule has 1 aliphatic heterocycles. The SMILES string of the molecule is CCOC1=Nc2cccc(C(=O)O)c2[N+]1(Cc1ccc(-c2ccccc2-c2nn[nH]n2)cc1)C(C)OC(=O)OC1CCCCC1. The van der Waals surface area contributed by atoms with Crippen molar-refractivity contribution in [3.05, 3.63) is 77.9 Å². The number of aromatic amines is 1. The van der Waals surface area contributed by atoms with Crippen LogP contribution in [0.5, 0.6) is 0 Å². The molecule has 2 heterocycles. The summed E-state index contributed by atoms with van der Waals surface area (Å²) in [5.74, 6) is -0.634. The lowest BCUT2D eigenvalue weighted by atomic mass is 9.98. The fourth-order valence-electron chi connectivity index (χ4n) is 6.25. The van der Waals surface area contributed by atoms with E-state index in [2.05, 4.69) is 20.6 Å². The first kappa shape index (κ1) is 29.9. The van der Waals surface area contributed by atoms with Gasteiger partial charge in [0, 0.05) is 18.1 Å². The normalized spacial score (nSPS) is 18.5. The van der Waals surface area contributed by atoms with Gasteiger partial charge in [-0.3, -0.25) is 0 Å². The molecule has 1 aliphatic carbocycles. The van der Waals surface area contributed by atoms with Gasteiger partial charge in [0.25, 0.3) is 6.23 Å². The van der Waals surface area contributed by atoms with Crippen LogP contribution >= 0.6 is 0 Å². The molecule has 3 aromatic carbocycles. The Balaban J connectivity index is 1.38. The highest BCUT2D eigenvalue weighted by molar-refractivity contribution is 6.06. The van der Waals surface area contributed by atoms with E-state index < -0.39 is 18.4 Å². The Hall–Kier alpha value is -5.10. The first-order valence-electron chi connectivity index (χ1n) is 15.2. The molecule has 2 N–H and O–H groups in total. The summed E-state index contributed by atoms with van der Waals surface area (Å²) >= 11 is 0. The number of carbonyl (C=O) groups is 2. The van der Waals surface area contributed by atoms with Gasteiger partial charge in [0.1, 0.15) is 23.9 Å². The number of tetrazole rings is 1. The number of nitrogens with zero attached hydrogens (tertiary/aromatic N) is 5. The van der Waals surface area contributed by atoms with E-state index in [0.29, 0.717) is 17.2 Å². The number of aromatic nitrogens is 4. The molecule has 0 amide bonds. The van der Waals surface area contributed by atoms with Crippen molar-refractivity contribution in [3.63, 3.8) is 0 Å². The molecule has 1 aromatic heterocycles. The highest BCUT2D eigenvalue weighted by Gasteiger charge is 2.54. The van der Waals surface area contributed by atoms with E-state index in [1.807, 2.05) is 55.5 Å². The molecule has 0 spiro atoms. The summed E-state index contributed by atoms with van der Waals surface area (Å²) in [6, 6.07) is 20.8. The lowest BCUT2D eigenvalue weighted by Crippen LogP contribution is -2.60. The summed E-state index contributed by atoms with van der Waals surface area (Å²) in [6.45, 7) is 4.03. The zero-order valence-corrected chi connectivity index (χ0v) is 25.2. The average Bonchev–Trinajstić information content (AvgIpc) is 3.69. The second-order valence-corrected chi connectivity index (χ2v) is 11.2. The molecular weight excluding hydrogens is 576 g/mol. The summed E-state index contributed by atoms with van der Waals surface area (Å²) < 4.78 is 17.5. The van der Waals surface area contributed by atoms with Crippen LogP contribution in [-0.2, 0) is 20.8 Å². The summed E-state index contributed by atoms with van der Waals surface area (Å²) in [7, 11) is 0. The molecule has 232 valence electrons. The second kappa shape index (κ2) is 12.9. The molecule has 4 aromatic rings. The largest absolute Gasteiger partial charge is 0.513 e. The van der Waals surface area contributed by atoms with Gasteiger partial charge in [0.2, 0.25) is 5.82 Å². The van der Waals surface area contributed by atoms with Crippen LogP contribution in [0.1, 0.15) is 61.9 Å². The Bertz CT molecular complexity index is 1700. The maximum absolute atomic E-state index is 13.1. The van der Waals surface area contributed by atoms with Crippen LogP contribution in [0, 0.1) is 0 Å². The molecule has 12 nitrogen and oxygen atoms in total. The number of amidine groups is 1. The van der Waals surface area contributed by atoms with E-state index in [4.69, 9.17) is 19.2 Å². The first-order chi connectivity index (χ1) is 21.9. The van der Waals surface area contributed by atoms with Crippen LogP contribution in [-0.4, -0.2) is 62.8 Å². The van der Waals surface area contributed by atoms with E-state index >= 15 is 0 Å². The number of carboxylic acid groups (broad SMARTS) is 1. The lowest BCUT2D eigenvalue weighted by Gasteiger charge is -2.38. The Kier molecular flexibility index (Phi) is 8.56. The number of hydrogen-bond donors (Lipinski definition) is 2. The summed E-state index contributed by atoms with van der Waals surface area (Å²) in [4.78, 5) is 30.4. The number of H-pyrrole nitrogens is 1. The number of aliphatic imine (C=N–C) groups is 1. The number of carboxylic acids is 1. The molecule has 6 rings (SSSR count). The van der Waals surface area contributed by atoms with Crippen molar-refractivity contribution >= 4 is 29.5 Å². The molecule has 0 bridgehead atoms. The van der Waals surface area contributed by atoms with Crippen molar-refractivity contribution in [1.82, 2.24) is 25.1 Å². The summed E-state index contributed by atoms with van der Waals surface area (Å²) in [5.41, 5.74) is 4.40. The van der Waals surface area contributed by atoms with Gasteiger partial charge in [-0.2, -0.15) is 14.7 Å². The number of para-hydroxylation sites is 1. The van der Waals surface area contributed by atoms with Crippen LogP contribution in [0.25, 0.3) is 22.5 Å². The van der Waals surface area contributed by atoms with E-state index in [-0.39, 0.29) is 35.3 Å². The Morgan fingerprint density at radius 1 is 1.00 bits per heavy atom. The highest BCUT2D eigenvalue weighted by atomic mass is 16.7. The fraction of sp³-hybridized carbons (Fsp3) is 0.333. The molecule has 1 saturated carbocycles. The van der Waals surface area contributed by atoms with Crippen LogP contribution in [0.15, 0.2) is 71.7 Å². The van der Waals surface area contributed by atoms with Crippen molar-refractivity contribution in [3.8, 4) is 22.5 Å². The van der Waals surface area contributed by atoms with Crippen molar-refractivity contribution in [1.29, 1.82) is 0 Å². The zero-order valence-electron chi connectivity index (χ0n) is 25.2. The summed E-state index contributed by atoms with van der Waals surface area (Å²) in [5, 5.41) is 24.7. The molecule has 2 aliphatic rings. The van der Waals surface area contributed by atoms with Crippen molar-refractivity contribution in [2.75, 3.05) is 6.61 Å². The molecule has 0 radical (unpaired) electrons. The van der Waals surface area contributed by atoms with Crippen molar-refractivity contribution in [2.45, 2.75) is 64.8 Å². The minimum absolute atomic E-state index is 0.0488. The van der Waals surface area contributed by atoms with Gasteiger partial charge < -0.3 is 19.3 Å². The smallest absolute Gasteiger partial charge is 0.477 e. The van der Waals surface area contributed by atoms with E-state index in [1.165, 1.54) is 6.07 Å². The fourth-order valence-corrected chi connectivity index (χ4v) is 6.25. The van der Waals surface area contributed by atoms with E-state index in [0.717, 1.165) is 54.4 Å². The van der Waals surface area contributed by atoms with Crippen LogP contribution in [0.3, 0.4) is 0 Å². The third-order valence-electron chi connectivity index (χ3n) is 8.39. The van der Waals surface area contributed by atoms with E-state index in [9.17, 15) is 14.7 Å². The third-order valence-corrected chi connectivity index (χ3v) is 8.39. The minimum atomic E-state index is -1.12. The van der Waals surface area contributed by atoms with Gasteiger partial charge >= 0.3 is 18.1 Å². The molecule has 45 heavy (non-hydrogen) atoms. The Morgan fingerprint density at radius 3 is 2.44 bits per heavy atom. The number of carbonyl (C=O) groups excluding carboxylic acids is 1. The molecule has 1 fully saturated rings. The second-order valence-electron chi connectivity index (χ2n) is 11.2. The monoisotopic (exact) mass is 611 g/mol. The van der Waals surface area contributed by atoms with Gasteiger partial charge in [-0.1, -0.05) is 61.0 Å². The van der Waals surface area contributed by atoms with Crippen LogP contribution in [0.4, 0.5) is 16.2 Å². The summed E-state index contributed by atoms with van der Waals surface area (Å²) in [6.07, 6.45) is 2.78. The third kappa shape index (κ3) is 5.88. The van der Waals surface area contributed by atoms with Crippen molar-refractivity contribution in [2.24, 2.45) is 4.99 Å².